The lowest BCUT2D eigenvalue weighted by molar-refractivity contribution is 0.0367. The topological polar surface area (TPSA) is 71.1 Å². The molecule has 0 aromatic carbocycles. The van der Waals surface area contributed by atoms with E-state index in [-0.39, 0.29) is 0 Å². The van der Waals surface area contributed by atoms with E-state index in [4.69, 9.17) is 10.5 Å². The first kappa shape index (κ1) is 14.6. The molecule has 0 aromatic heterocycles. The molecule has 1 heterocycles. The van der Waals surface area contributed by atoms with E-state index in [9.17, 15) is 5.11 Å². The second kappa shape index (κ2) is 7.10. The van der Waals surface area contributed by atoms with Crippen molar-refractivity contribution in [1.29, 1.82) is 0 Å². The third-order valence-corrected chi connectivity index (χ3v) is 3.81. The minimum Gasteiger partial charge on any atom is -0.389 e. The molecular weight excluding hydrogens is 242 g/mol. The fourth-order valence-electron chi connectivity index (χ4n) is 2.40. The Morgan fingerprint density at radius 2 is 2.26 bits per heavy atom. The molecule has 110 valence electrons. The van der Waals surface area contributed by atoms with Gasteiger partial charge in [0.25, 0.3) is 0 Å². The summed E-state index contributed by atoms with van der Waals surface area (Å²) in [5.41, 5.74) is 5.97. The van der Waals surface area contributed by atoms with Crippen molar-refractivity contribution in [2.24, 2.45) is 22.6 Å². The lowest BCUT2D eigenvalue weighted by Gasteiger charge is -2.31. The van der Waals surface area contributed by atoms with Crippen LogP contribution in [-0.4, -0.2) is 54.9 Å². The quantitative estimate of drug-likeness (QED) is 0.553. The highest BCUT2D eigenvalue weighted by Crippen LogP contribution is 2.28. The fraction of sp³-hybridized carbons (Fsp3) is 0.929. The number of hydrogen-bond donors (Lipinski definition) is 2. The van der Waals surface area contributed by atoms with Gasteiger partial charge in [-0.25, -0.2) is 0 Å². The third-order valence-electron chi connectivity index (χ3n) is 3.81. The second-order valence-corrected chi connectivity index (χ2v) is 6.03. The van der Waals surface area contributed by atoms with Crippen molar-refractivity contribution < 1.29 is 9.84 Å². The zero-order valence-electron chi connectivity index (χ0n) is 11.9. The fourth-order valence-corrected chi connectivity index (χ4v) is 2.40. The highest BCUT2D eigenvalue weighted by molar-refractivity contribution is 5.78. The average molecular weight is 269 g/mol. The molecule has 2 aliphatic rings. The average Bonchev–Trinajstić information content (AvgIpc) is 3.20. The van der Waals surface area contributed by atoms with Gasteiger partial charge in [0, 0.05) is 19.7 Å². The maximum absolute atomic E-state index is 9.78. The monoisotopic (exact) mass is 269 g/mol. The number of guanidine groups is 1. The van der Waals surface area contributed by atoms with E-state index in [1.165, 1.54) is 25.7 Å². The maximum atomic E-state index is 9.78. The molecule has 0 aromatic rings. The Bertz CT molecular complexity index is 305. The van der Waals surface area contributed by atoms with Crippen molar-refractivity contribution >= 4 is 5.96 Å². The Morgan fingerprint density at radius 3 is 2.95 bits per heavy atom. The molecule has 2 atom stereocenters. The van der Waals surface area contributed by atoms with Crippen LogP contribution in [0.25, 0.3) is 0 Å². The zero-order valence-corrected chi connectivity index (χ0v) is 11.9. The summed E-state index contributed by atoms with van der Waals surface area (Å²) in [6.07, 6.45) is 4.44. The molecule has 1 saturated carbocycles. The van der Waals surface area contributed by atoms with Crippen LogP contribution in [0.4, 0.5) is 0 Å². The van der Waals surface area contributed by atoms with Gasteiger partial charge in [-0.05, 0) is 37.5 Å². The van der Waals surface area contributed by atoms with Crippen LogP contribution in [0.2, 0.25) is 0 Å². The number of ether oxygens (including phenoxy) is 1. The summed E-state index contributed by atoms with van der Waals surface area (Å²) < 4.78 is 5.44. The summed E-state index contributed by atoms with van der Waals surface area (Å²) in [6.45, 7) is 5.67. The van der Waals surface area contributed by atoms with E-state index in [0.29, 0.717) is 25.0 Å². The van der Waals surface area contributed by atoms with Gasteiger partial charge >= 0.3 is 0 Å². The predicted molar refractivity (Wildman–Crippen MR) is 76.0 cm³/mol. The molecule has 2 rings (SSSR count). The third kappa shape index (κ3) is 5.37. The van der Waals surface area contributed by atoms with Crippen LogP contribution < -0.4 is 5.73 Å². The van der Waals surface area contributed by atoms with Crippen molar-refractivity contribution in [2.45, 2.75) is 38.7 Å². The second-order valence-electron chi connectivity index (χ2n) is 6.03. The van der Waals surface area contributed by atoms with Gasteiger partial charge in [-0.15, -0.1) is 0 Å². The number of hydrogen-bond acceptors (Lipinski definition) is 3. The number of likely N-dealkylation sites (tertiary alicyclic amines) is 1. The molecule has 5 nitrogen and oxygen atoms in total. The Kier molecular flexibility index (Phi) is 5.45. The molecule has 0 amide bonds. The van der Waals surface area contributed by atoms with Gasteiger partial charge in [-0.2, -0.15) is 0 Å². The van der Waals surface area contributed by atoms with Gasteiger partial charge in [-0.1, -0.05) is 6.92 Å². The number of nitrogens with two attached hydrogens (primary N) is 1. The highest BCUT2D eigenvalue weighted by atomic mass is 16.5. The summed E-state index contributed by atoms with van der Waals surface area (Å²) in [5, 5.41) is 9.78. The summed E-state index contributed by atoms with van der Waals surface area (Å²) in [6, 6.07) is 0. The van der Waals surface area contributed by atoms with Crippen molar-refractivity contribution in [3.63, 3.8) is 0 Å². The van der Waals surface area contributed by atoms with Gasteiger partial charge in [0.2, 0.25) is 0 Å². The van der Waals surface area contributed by atoms with Gasteiger partial charge in [0.15, 0.2) is 5.96 Å². The largest absolute Gasteiger partial charge is 0.389 e. The molecule has 0 spiro atoms. The first-order valence-electron chi connectivity index (χ1n) is 7.46. The normalized spacial score (nSPS) is 26.5. The van der Waals surface area contributed by atoms with Crippen LogP contribution >= 0.6 is 0 Å². The Balaban J connectivity index is 1.64. The van der Waals surface area contributed by atoms with Crippen LogP contribution in [0.3, 0.4) is 0 Å². The Morgan fingerprint density at radius 1 is 1.47 bits per heavy atom. The van der Waals surface area contributed by atoms with E-state index in [1.807, 2.05) is 0 Å². The first-order valence-corrected chi connectivity index (χ1v) is 7.46. The maximum Gasteiger partial charge on any atom is 0.191 e. The molecule has 19 heavy (non-hydrogen) atoms. The van der Waals surface area contributed by atoms with E-state index in [2.05, 4.69) is 16.8 Å². The molecule has 1 saturated heterocycles. The lowest BCUT2D eigenvalue weighted by Crippen LogP contribution is -2.44. The number of aliphatic hydroxyl groups excluding tert-OH is 1. The van der Waals surface area contributed by atoms with Gasteiger partial charge in [0.05, 0.1) is 19.3 Å². The summed E-state index contributed by atoms with van der Waals surface area (Å²) in [7, 11) is 0. The number of aliphatic hydroxyl groups is 1. The SMILES string of the molecule is CC1CCCN(C(N)=NCC(O)COCC2CC2)C1. The van der Waals surface area contributed by atoms with E-state index in [1.54, 1.807) is 0 Å². The zero-order chi connectivity index (χ0) is 13.7. The molecule has 3 N–H and O–H groups in total. The lowest BCUT2D eigenvalue weighted by atomic mass is 10.0. The van der Waals surface area contributed by atoms with Crippen molar-refractivity contribution in [1.82, 2.24) is 4.90 Å². The van der Waals surface area contributed by atoms with Crippen LogP contribution in [0, 0.1) is 11.8 Å². The molecule has 2 unspecified atom stereocenters. The van der Waals surface area contributed by atoms with Gasteiger partial charge in [-0.3, -0.25) is 4.99 Å². The van der Waals surface area contributed by atoms with Gasteiger partial charge in [0.1, 0.15) is 0 Å². The van der Waals surface area contributed by atoms with Crippen molar-refractivity contribution in [3.8, 4) is 0 Å². The standard InChI is InChI=1S/C14H27N3O2/c1-11-3-2-6-17(8-11)14(15)16-7-13(18)10-19-9-12-4-5-12/h11-13,18H,2-10H2,1H3,(H2,15,16). The Hall–Kier alpha value is -0.810. The summed E-state index contributed by atoms with van der Waals surface area (Å²) >= 11 is 0. The van der Waals surface area contributed by atoms with Gasteiger partial charge < -0.3 is 20.5 Å². The predicted octanol–water partition coefficient (Wildman–Crippen LogP) is 0.821. The number of nitrogens with zero attached hydrogens (tertiary/aromatic N) is 2. The first-order chi connectivity index (χ1) is 9.15. The van der Waals surface area contributed by atoms with Crippen LogP contribution in [0.5, 0.6) is 0 Å². The molecule has 0 bridgehead atoms. The number of piperidine rings is 1. The van der Waals surface area contributed by atoms with E-state index >= 15 is 0 Å². The highest BCUT2D eigenvalue weighted by Gasteiger charge is 2.21. The molecule has 0 radical (unpaired) electrons. The molecule has 1 aliphatic carbocycles. The summed E-state index contributed by atoms with van der Waals surface area (Å²) in [4.78, 5) is 6.40. The molecule has 5 heteroatoms. The molecule has 2 fully saturated rings. The number of aliphatic imine (C=N–C) groups is 1. The van der Waals surface area contributed by atoms with Crippen molar-refractivity contribution in [3.05, 3.63) is 0 Å². The Labute approximate surface area is 115 Å². The van der Waals surface area contributed by atoms with Crippen molar-refractivity contribution in [2.75, 3.05) is 32.8 Å². The van der Waals surface area contributed by atoms with E-state index < -0.39 is 6.10 Å². The summed E-state index contributed by atoms with van der Waals surface area (Å²) in [5.74, 6) is 1.97. The minimum atomic E-state index is -0.542. The molecular formula is C14H27N3O2. The number of rotatable bonds is 6. The van der Waals surface area contributed by atoms with Crippen LogP contribution in [0.15, 0.2) is 4.99 Å². The van der Waals surface area contributed by atoms with Crippen LogP contribution in [-0.2, 0) is 4.74 Å². The smallest absolute Gasteiger partial charge is 0.191 e. The minimum absolute atomic E-state index is 0.335. The van der Waals surface area contributed by atoms with E-state index in [0.717, 1.165) is 25.6 Å². The van der Waals surface area contributed by atoms with Crippen LogP contribution in [0.1, 0.15) is 32.6 Å². The molecule has 1 aliphatic heterocycles.